The van der Waals surface area contributed by atoms with E-state index >= 15 is 0 Å². The molecular formula is C11H17N3O2S. The van der Waals surface area contributed by atoms with E-state index in [-0.39, 0.29) is 0 Å². The molecule has 17 heavy (non-hydrogen) atoms. The van der Waals surface area contributed by atoms with E-state index in [1.54, 1.807) is 7.11 Å². The lowest BCUT2D eigenvalue weighted by molar-refractivity contribution is 0.100. The first-order chi connectivity index (χ1) is 8.08. The van der Waals surface area contributed by atoms with Crippen LogP contribution in [0.25, 0.3) is 0 Å². The van der Waals surface area contributed by atoms with Crippen molar-refractivity contribution in [3.05, 3.63) is 4.88 Å². The Bertz CT molecular complexity index is 444. The zero-order valence-electron chi connectivity index (χ0n) is 9.95. The molecule has 94 valence electrons. The van der Waals surface area contributed by atoms with Gasteiger partial charge in [-0.1, -0.05) is 13.3 Å². The molecule has 1 aromatic rings. The second kappa shape index (κ2) is 4.44. The van der Waals surface area contributed by atoms with Gasteiger partial charge < -0.3 is 21.5 Å². The largest absolute Gasteiger partial charge is 0.492 e. The van der Waals surface area contributed by atoms with E-state index in [1.807, 2.05) is 0 Å². The van der Waals surface area contributed by atoms with E-state index in [2.05, 4.69) is 12.2 Å². The first-order valence-corrected chi connectivity index (χ1v) is 6.42. The van der Waals surface area contributed by atoms with Crippen LogP contribution in [0.4, 0.5) is 10.7 Å². The van der Waals surface area contributed by atoms with Gasteiger partial charge in [0, 0.05) is 6.04 Å². The Morgan fingerprint density at radius 1 is 1.65 bits per heavy atom. The number of ether oxygens (including phenoxy) is 1. The molecule has 1 saturated carbocycles. The molecule has 1 aliphatic rings. The Hall–Kier alpha value is -1.43. The topological polar surface area (TPSA) is 90.4 Å². The van der Waals surface area contributed by atoms with Crippen molar-refractivity contribution in [1.29, 1.82) is 0 Å². The molecule has 2 atom stereocenters. The summed E-state index contributed by atoms with van der Waals surface area (Å²) in [4.78, 5) is 11.6. The summed E-state index contributed by atoms with van der Waals surface area (Å²) in [5.74, 6) is 0.729. The molecule has 1 aliphatic carbocycles. The minimum Gasteiger partial charge on any atom is -0.492 e. The summed E-state index contributed by atoms with van der Waals surface area (Å²) in [5.41, 5.74) is 11.4. The van der Waals surface area contributed by atoms with Gasteiger partial charge in [-0.3, -0.25) is 4.79 Å². The predicted octanol–water partition coefficient (Wildman–Crippen LogP) is 1.65. The fourth-order valence-corrected chi connectivity index (χ4v) is 2.96. The fraction of sp³-hybridized carbons (Fsp3) is 0.545. The van der Waals surface area contributed by atoms with Gasteiger partial charge in [0.1, 0.15) is 15.6 Å². The van der Waals surface area contributed by atoms with Crippen molar-refractivity contribution in [3.8, 4) is 5.75 Å². The first-order valence-electron chi connectivity index (χ1n) is 5.61. The summed E-state index contributed by atoms with van der Waals surface area (Å²) >= 11 is 1.26. The van der Waals surface area contributed by atoms with Gasteiger partial charge in [-0.2, -0.15) is 0 Å². The minimum atomic E-state index is -0.512. The third-order valence-corrected chi connectivity index (χ3v) is 4.22. The van der Waals surface area contributed by atoms with E-state index in [9.17, 15) is 4.79 Å². The monoisotopic (exact) mass is 255 g/mol. The summed E-state index contributed by atoms with van der Waals surface area (Å²) in [7, 11) is 1.54. The summed E-state index contributed by atoms with van der Waals surface area (Å²) in [5, 5.41) is 4.16. The number of nitrogen functional groups attached to an aromatic ring is 1. The lowest BCUT2D eigenvalue weighted by Gasteiger charge is -2.05. The van der Waals surface area contributed by atoms with Crippen molar-refractivity contribution < 1.29 is 9.53 Å². The van der Waals surface area contributed by atoms with Gasteiger partial charge in [0.05, 0.1) is 7.11 Å². The van der Waals surface area contributed by atoms with Gasteiger partial charge in [-0.05, 0) is 12.3 Å². The van der Waals surface area contributed by atoms with Crippen molar-refractivity contribution in [2.45, 2.75) is 25.8 Å². The quantitative estimate of drug-likeness (QED) is 0.746. The molecule has 5 N–H and O–H groups in total. The van der Waals surface area contributed by atoms with Gasteiger partial charge >= 0.3 is 0 Å². The number of hydrogen-bond donors (Lipinski definition) is 3. The number of carbonyl (C=O) groups is 1. The number of thiophene rings is 1. The minimum absolute atomic E-state index is 0.334. The molecule has 6 heteroatoms. The number of nitrogens with one attached hydrogen (secondary N) is 1. The number of anilines is 2. The van der Waals surface area contributed by atoms with Crippen molar-refractivity contribution in [2.75, 3.05) is 18.2 Å². The number of nitrogens with two attached hydrogens (primary N) is 2. The Balaban J connectivity index is 2.21. The number of methoxy groups -OCH3 is 1. The normalized spacial score (nSPS) is 22.2. The van der Waals surface area contributed by atoms with Crippen LogP contribution in [-0.2, 0) is 0 Å². The second-order valence-corrected chi connectivity index (χ2v) is 5.25. The SMILES string of the molecule is CCC1CC1Nc1sc(C(N)=O)c(N)c1OC. The van der Waals surface area contributed by atoms with Gasteiger partial charge in [0.2, 0.25) is 0 Å². The van der Waals surface area contributed by atoms with Crippen molar-refractivity contribution in [2.24, 2.45) is 11.7 Å². The van der Waals surface area contributed by atoms with E-state index in [0.717, 1.165) is 17.8 Å². The van der Waals surface area contributed by atoms with Crippen LogP contribution in [0.1, 0.15) is 29.4 Å². The molecule has 0 saturated heterocycles. The predicted molar refractivity (Wildman–Crippen MR) is 69.6 cm³/mol. The molecule has 2 rings (SSSR count). The molecular weight excluding hydrogens is 238 g/mol. The van der Waals surface area contributed by atoms with Gasteiger partial charge in [0.15, 0.2) is 5.75 Å². The Kier molecular flexibility index (Phi) is 3.15. The average molecular weight is 255 g/mol. The lowest BCUT2D eigenvalue weighted by Crippen LogP contribution is -2.10. The van der Waals surface area contributed by atoms with Crippen LogP contribution in [0.15, 0.2) is 0 Å². The number of primary amides is 1. The maximum Gasteiger partial charge on any atom is 0.261 e. The Morgan fingerprint density at radius 2 is 2.35 bits per heavy atom. The van der Waals surface area contributed by atoms with Crippen LogP contribution >= 0.6 is 11.3 Å². The van der Waals surface area contributed by atoms with Crippen LogP contribution < -0.4 is 21.5 Å². The van der Waals surface area contributed by atoms with Gasteiger partial charge in [-0.25, -0.2) is 0 Å². The second-order valence-electron chi connectivity index (χ2n) is 4.23. The molecule has 1 amide bonds. The van der Waals surface area contributed by atoms with Crippen LogP contribution in [0.2, 0.25) is 0 Å². The number of amides is 1. The van der Waals surface area contributed by atoms with E-state index in [4.69, 9.17) is 16.2 Å². The van der Waals surface area contributed by atoms with Gasteiger partial charge in [-0.15, -0.1) is 11.3 Å². The highest BCUT2D eigenvalue weighted by atomic mass is 32.1. The summed E-state index contributed by atoms with van der Waals surface area (Å²) < 4.78 is 5.22. The Morgan fingerprint density at radius 3 is 2.82 bits per heavy atom. The number of hydrogen-bond acceptors (Lipinski definition) is 5. The maximum atomic E-state index is 11.2. The third-order valence-electron chi connectivity index (χ3n) is 3.09. The Labute approximate surface area is 104 Å². The summed E-state index contributed by atoms with van der Waals surface area (Å²) in [6.45, 7) is 2.17. The molecule has 0 spiro atoms. The van der Waals surface area contributed by atoms with Crippen LogP contribution in [0.3, 0.4) is 0 Å². The molecule has 1 heterocycles. The molecule has 0 aliphatic heterocycles. The highest BCUT2D eigenvalue weighted by molar-refractivity contribution is 7.19. The molecule has 5 nitrogen and oxygen atoms in total. The lowest BCUT2D eigenvalue weighted by atomic mass is 10.3. The van der Waals surface area contributed by atoms with E-state index < -0.39 is 5.91 Å². The van der Waals surface area contributed by atoms with Crippen molar-refractivity contribution in [3.63, 3.8) is 0 Å². The van der Waals surface area contributed by atoms with E-state index in [0.29, 0.717) is 28.3 Å². The average Bonchev–Trinajstić information content (AvgIpc) is 2.95. The molecule has 0 radical (unpaired) electrons. The zero-order valence-corrected chi connectivity index (χ0v) is 10.8. The third kappa shape index (κ3) is 2.17. The maximum absolute atomic E-state index is 11.2. The fourth-order valence-electron chi connectivity index (χ4n) is 1.95. The van der Waals surface area contributed by atoms with Crippen molar-refractivity contribution in [1.82, 2.24) is 0 Å². The van der Waals surface area contributed by atoms with Crippen LogP contribution in [-0.4, -0.2) is 19.1 Å². The summed E-state index contributed by atoms with van der Waals surface area (Å²) in [6, 6.07) is 0.465. The molecule has 1 fully saturated rings. The zero-order chi connectivity index (χ0) is 12.6. The molecule has 1 aromatic heterocycles. The number of rotatable bonds is 5. The van der Waals surface area contributed by atoms with E-state index in [1.165, 1.54) is 11.3 Å². The van der Waals surface area contributed by atoms with Crippen LogP contribution in [0, 0.1) is 5.92 Å². The molecule has 2 unspecified atom stereocenters. The summed E-state index contributed by atoms with van der Waals surface area (Å²) in [6.07, 6.45) is 2.31. The first kappa shape index (κ1) is 12.0. The van der Waals surface area contributed by atoms with Crippen molar-refractivity contribution >= 4 is 27.9 Å². The van der Waals surface area contributed by atoms with Crippen LogP contribution in [0.5, 0.6) is 5.75 Å². The molecule has 0 aromatic carbocycles. The molecule has 0 bridgehead atoms. The highest BCUT2D eigenvalue weighted by Gasteiger charge is 2.36. The highest BCUT2D eigenvalue weighted by Crippen LogP contribution is 2.46. The van der Waals surface area contributed by atoms with Gasteiger partial charge in [0.25, 0.3) is 5.91 Å². The smallest absolute Gasteiger partial charge is 0.261 e. The standard InChI is InChI=1S/C11H17N3O2S/c1-3-5-4-6(5)14-11-8(16-2)7(12)9(17-11)10(13)15/h5-6,14H,3-4,12H2,1-2H3,(H2,13,15). The number of carbonyl (C=O) groups excluding carboxylic acids is 1.